The maximum Gasteiger partial charge on any atom is 0.512 e. The zero-order chi connectivity index (χ0) is 19.3. The summed E-state index contributed by atoms with van der Waals surface area (Å²) in [4.78, 5) is 11.8. The molecule has 0 aliphatic heterocycles. The molecule has 0 aliphatic carbocycles. The Balaban J connectivity index is 2.48. The van der Waals surface area contributed by atoms with Crippen molar-refractivity contribution in [3.8, 4) is 0 Å². The fraction of sp³-hybridized carbons (Fsp3) is 0.182. The molecule has 0 radical (unpaired) electrons. The number of benzene rings is 1. The number of para-hydroxylation sites is 1. The second-order valence-corrected chi connectivity index (χ2v) is 8.26. The molecule has 0 spiro atoms. The molecule has 1 aromatic heterocycles. The molecule has 0 aliphatic rings. The zero-order valence-corrected chi connectivity index (χ0v) is 13.3. The molecular weight excluding hydrogens is 399 g/mol. The minimum atomic E-state index is -6.66. The van der Waals surface area contributed by atoms with Crippen molar-refractivity contribution in [2.45, 2.75) is 10.8 Å². The van der Waals surface area contributed by atoms with Crippen LogP contribution in [-0.4, -0.2) is 38.1 Å². The highest BCUT2D eigenvalue weighted by Gasteiger charge is 2.59. The Hall–Kier alpha value is -2.06. The summed E-state index contributed by atoms with van der Waals surface area (Å²) in [5.41, 5.74) is -6.32. The lowest BCUT2D eigenvalue weighted by atomic mass is 10.2. The van der Waals surface area contributed by atoms with Gasteiger partial charge in [0.15, 0.2) is 0 Å². The van der Waals surface area contributed by atoms with E-state index >= 15 is 0 Å². The van der Waals surface area contributed by atoms with E-state index in [1.54, 1.807) is 0 Å². The van der Waals surface area contributed by atoms with E-state index in [4.69, 9.17) is 0 Å². The Kier molecular flexibility index (Phi) is 4.42. The van der Waals surface area contributed by atoms with Gasteiger partial charge in [-0.15, -0.1) is 0 Å². The first-order valence-electron chi connectivity index (χ1n) is 6.04. The third kappa shape index (κ3) is 3.23. The third-order valence-corrected chi connectivity index (χ3v) is 6.14. The lowest BCUT2D eigenvalue weighted by molar-refractivity contribution is -0.0442. The van der Waals surface area contributed by atoms with Crippen LogP contribution in [0.15, 0.2) is 36.5 Å². The van der Waals surface area contributed by atoms with Crippen molar-refractivity contribution in [1.29, 1.82) is 0 Å². The molecular formula is C11H7F5N2O5S2. The molecule has 0 amide bonds. The molecule has 7 nitrogen and oxygen atoms in total. The molecule has 0 atom stereocenters. The molecule has 0 bridgehead atoms. The summed E-state index contributed by atoms with van der Waals surface area (Å²) in [5, 5.41) is -5.23. The van der Waals surface area contributed by atoms with Crippen LogP contribution in [0.5, 0.6) is 0 Å². The van der Waals surface area contributed by atoms with E-state index in [0.717, 1.165) is 6.20 Å². The molecule has 0 unspecified atom stereocenters. The standard InChI is InChI=1S/C11H7F5N2O5S2/c12-10(13,24(20,21)17-25(22,23)11(14,15)16)9(19)18-6-5-7-3-1-2-4-8(7)18/h1-6,17H. The lowest BCUT2D eigenvalue weighted by Crippen LogP contribution is -2.51. The summed E-state index contributed by atoms with van der Waals surface area (Å²) in [6.07, 6.45) is 0.773. The highest BCUT2D eigenvalue weighted by molar-refractivity contribution is 8.05. The topological polar surface area (TPSA) is 102 Å². The normalized spacial score (nSPS) is 14.0. The number of rotatable bonds is 4. The maximum absolute atomic E-state index is 14.0. The van der Waals surface area contributed by atoms with Crippen LogP contribution >= 0.6 is 0 Å². The third-order valence-electron chi connectivity index (χ3n) is 2.93. The SMILES string of the molecule is O=C(n1ccc2ccccc21)C(F)(F)S(=O)(=O)NS(=O)(=O)C(F)(F)F. The molecule has 1 N–H and O–H groups in total. The number of sulfonamides is 2. The highest BCUT2D eigenvalue weighted by Crippen LogP contribution is 2.29. The first-order chi connectivity index (χ1) is 11.2. The lowest BCUT2D eigenvalue weighted by Gasteiger charge is -2.17. The van der Waals surface area contributed by atoms with Crippen LogP contribution in [0.3, 0.4) is 0 Å². The first-order valence-corrected chi connectivity index (χ1v) is 9.00. The summed E-state index contributed by atoms with van der Waals surface area (Å²) in [7, 11) is -13.2. The number of carbonyl (C=O) groups excluding carboxylic acids is 1. The van der Waals surface area contributed by atoms with Crippen molar-refractivity contribution in [1.82, 2.24) is 8.69 Å². The van der Waals surface area contributed by atoms with Gasteiger partial charge in [-0.2, -0.15) is 22.0 Å². The van der Waals surface area contributed by atoms with Crippen molar-refractivity contribution < 1.29 is 43.6 Å². The number of hydrogen-bond acceptors (Lipinski definition) is 5. The van der Waals surface area contributed by atoms with Gasteiger partial charge in [0.25, 0.3) is 0 Å². The van der Waals surface area contributed by atoms with Gasteiger partial charge in [-0.05, 0) is 12.1 Å². The fourth-order valence-electron chi connectivity index (χ4n) is 1.76. The Morgan fingerprint density at radius 3 is 2.04 bits per heavy atom. The molecule has 2 rings (SSSR count). The van der Waals surface area contributed by atoms with E-state index in [9.17, 15) is 43.6 Å². The van der Waals surface area contributed by atoms with Crippen molar-refractivity contribution in [2.24, 2.45) is 0 Å². The summed E-state index contributed by atoms with van der Waals surface area (Å²) in [5.74, 6) is -2.45. The molecule has 0 fully saturated rings. The van der Waals surface area contributed by atoms with Crippen molar-refractivity contribution >= 4 is 36.9 Å². The van der Waals surface area contributed by atoms with Gasteiger partial charge >= 0.3 is 36.7 Å². The number of alkyl halides is 5. The van der Waals surface area contributed by atoms with E-state index < -0.39 is 36.7 Å². The zero-order valence-electron chi connectivity index (χ0n) is 11.7. The second-order valence-electron chi connectivity index (χ2n) is 4.60. The Morgan fingerprint density at radius 1 is 0.920 bits per heavy atom. The quantitative estimate of drug-likeness (QED) is 0.778. The van der Waals surface area contributed by atoms with E-state index in [0.29, 0.717) is 0 Å². The summed E-state index contributed by atoms with van der Waals surface area (Å²) >= 11 is 0. The Bertz CT molecular complexity index is 1040. The average Bonchev–Trinajstić information content (AvgIpc) is 2.87. The first kappa shape index (κ1) is 19.3. The van der Waals surface area contributed by atoms with Crippen molar-refractivity contribution in [3.05, 3.63) is 36.5 Å². The monoisotopic (exact) mass is 406 g/mol. The Labute approximate surface area is 137 Å². The molecule has 25 heavy (non-hydrogen) atoms. The summed E-state index contributed by atoms with van der Waals surface area (Å²) in [6.45, 7) is 0. The number of fused-ring (bicyclic) bond motifs is 1. The molecule has 0 saturated carbocycles. The summed E-state index contributed by atoms with van der Waals surface area (Å²) < 4.78 is 109. The molecule has 14 heteroatoms. The number of carbonyl (C=O) groups is 1. The van der Waals surface area contributed by atoms with Crippen LogP contribution in [0.1, 0.15) is 4.79 Å². The number of hydrogen-bond donors (Lipinski definition) is 1. The largest absolute Gasteiger partial charge is 0.512 e. The highest BCUT2D eigenvalue weighted by atomic mass is 32.3. The van der Waals surface area contributed by atoms with Crippen molar-refractivity contribution in [2.75, 3.05) is 0 Å². The van der Waals surface area contributed by atoms with Crippen LogP contribution in [0.2, 0.25) is 0 Å². The predicted octanol–water partition coefficient (Wildman–Crippen LogP) is 1.64. The van der Waals surface area contributed by atoms with Gasteiger partial charge in [0.05, 0.1) is 5.52 Å². The predicted molar refractivity (Wildman–Crippen MR) is 74.5 cm³/mol. The van der Waals surface area contributed by atoms with Crippen LogP contribution in [0.25, 0.3) is 10.9 Å². The van der Waals surface area contributed by atoms with Gasteiger partial charge < -0.3 is 0 Å². The molecule has 1 heterocycles. The number of nitrogens with one attached hydrogen (secondary N) is 1. The smallest absolute Gasteiger partial charge is 0.281 e. The molecule has 2 aromatic rings. The Morgan fingerprint density at radius 2 is 1.48 bits per heavy atom. The second kappa shape index (κ2) is 5.74. The number of halogens is 5. The van der Waals surface area contributed by atoms with Crippen LogP contribution in [0, 0.1) is 0 Å². The number of aromatic nitrogens is 1. The van der Waals surface area contributed by atoms with Crippen LogP contribution in [0.4, 0.5) is 22.0 Å². The van der Waals surface area contributed by atoms with E-state index in [1.165, 1.54) is 30.3 Å². The van der Waals surface area contributed by atoms with E-state index in [1.807, 2.05) is 0 Å². The summed E-state index contributed by atoms with van der Waals surface area (Å²) in [6, 6.07) is 6.58. The van der Waals surface area contributed by atoms with Gasteiger partial charge in [0.1, 0.15) is 0 Å². The minimum Gasteiger partial charge on any atom is -0.281 e. The molecule has 0 saturated heterocycles. The fourth-order valence-corrected chi connectivity index (χ4v) is 4.04. The van der Waals surface area contributed by atoms with E-state index in [-0.39, 0.29) is 19.6 Å². The van der Waals surface area contributed by atoms with Gasteiger partial charge in [0.2, 0.25) is 0 Å². The van der Waals surface area contributed by atoms with Gasteiger partial charge in [0, 0.05) is 11.6 Å². The van der Waals surface area contributed by atoms with E-state index in [2.05, 4.69) is 0 Å². The molecule has 138 valence electrons. The van der Waals surface area contributed by atoms with Gasteiger partial charge in [-0.1, -0.05) is 22.3 Å². The minimum absolute atomic E-state index is 0.152. The van der Waals surface area contributed by atoms with Crippen molar-refractivity contribution in [3.63, 3.8) is 0 Å². The average molecular weight is 406 g/mol. The van der Waals surface area contributed by atoms with Gasteiger partial charge in [-0.25, -0.2) is 16.8 Å². The van der Waals surface area contributed by atoms with Crippen LogP contribution in [-0.2, 0) is 20.0 Å². The maximum atomic E-state index is 14.0. The number of nitrogens with zero attached hydrogens (tertiary/aromatic N) is 1. The molecule has 1 aromatic carbocycles. The van der Waals surface area contributed by atoms with Crippen LogP contribution < -0.4 is 4.13 Å². The van der Waals surface area contributed by atoms with Gasteiger partial charge in [-0.3, -0.25) is 9.36 Å².